The molecule has 3 rings (SSSR count). The lowest BCUT2D eigenvalue weighted by molar-refractivity contribution is 0.176. The zero-order chi connectivity index (χ0) is 15.4. The van der Waals surface area contributed by atoms with E-state index in [0.717, 1.165) is 0 Å². The summed E-state index contributed by atoms with van der Waals surface area (Å²) in [5, 5.41) is 12.4. The van der Waals surface area contributed by atoms with Gasteiger partial charge in [-0.3, -0.25) is 0 Å². The van der Waals surface area contributed by atoms with Crippen LogP contribution in [0.15, 0.2) is 54.6 Å². The molecule has 2 aromatic carbocycles. The fraction of sp³-hybridized carbons (Fsp3) is 0.235. The summed E-state index contributed by atoms with van der Waals surface area (Å²) in [7, 11) is 0. The van der Waals surface area contributed by atoms with E-state index in [9.17, 15) is 9.90 Å². The van der Waals surface area contributed by atoms with Gasteiger partial charge in [0.1, 0.15) is 5.75 Å². The summed E-state index contributed by atoms with van der Waals surface area (Å²) in [5.74, 6) is 1.29. The van der Waals surface area contributed by atoms with Gasteiger partial charge in [0.25, 0.3) is 0 Å². The van der Waals surface area contributed by atoms with Crippen LogP contribution >= 0.6 is 0 Å². The molecule has 114 valence electrons. The molecule has 2 aromatic rings. The van der Waals surface area contributed by atoms with E-state index in [-0.39, 0.29) is 6.03 Å². The average molecular weight is 298 g/mol. The SMILES string of the molecule is O=C(Nc1ccccc1Oc1ccccc1)N1CC[C@@H](O)C1. The molecule has 0 radical (unpaired) electrons. The van der Waals surface area contributed by atoms with Crippen molar-refractivity contribution in [2.75, 3.05) is 18.4 Å². The van der Waals surface area contributed by atoms with Crippen LogP contribution in [0, 0.1) is 0 Å². The quantitative estimate of drug-likeness (QED) is 0.915. The van der Waals surface area contributed by atoms with Crippen LogP contribution in [0.3, 0.4) is 0 Å². The summed E-state index contributed by atoms with van der Waals surface area (Å²) >= 11 is 0. The number of amides is 2. The summed E-state index contributed by atoms with van der Waals surface area (Å²) in [5.41, 5.74) is 0.609. The number of nitrogens with one attached hydrogen (secondary N) is 1. The number of ether oxygens (including phenoxy) is 1. The molecular weight excluding hydrogens is 280 g/mol. The predicted octanol–water partition coefficient (Wildman–Crippen LogP) is 3.08. The van der Waals surface area contributed by atoms with Gasteiger partial charge in [-0.25, -0.2) is 4.79 Å². The van der Waals surface area contributed by atoms with Gasteiger partial charge in [-0.2, -0.15) is 0 Å². The van der Waals surface area contributed by atoms with E-state index in [1.165, 1.54) is 0 Å². The minimum absolute atomic E-state index is 0.222. The molecular formula is C17H18N2O3. The van der Waals surface area contributed by atoms with Crippen LogP contribution in [0.4, 0.5) is 10.5 Å². The first kappa shape index (κ1) is 14.4. The molecule has 0 aliphatic carbocycles. The Kier molecular flexibility index (Phi) is 4.25. The van der Waals surface area contributed by atoms with Crippen molar-refractivity contribution in [2.24, 2.45) is 0 Å². The molecule has 0 saturated carbocycles. The molecule has 1 atom stereocenters. The highest BCUT2D eigenvalue weighted by Gasteiger charge is 2.25. The molecule has 22 heavy (non-hydrogen) atoms. The van der Waals surface area contributed by atoms with Gasteiger partial charge in [-0.1, -0.05) is 30.3 Å². The Labute approximate surface area is 129 Å². The van der Waals surface area contributed by atoms with Crippen molar-refractivity contribution in [3.05, 3.63) is 54.6 Å². The topological polar surface area (TPSA) is 61.8 Å². The maximum Gasteiger partial charge on any atom is 0.322 e. The number of likely N-dealkylation sites (tertiary alicyclic amines) is 1. The van der Waals surface area contributed by atoms with Gasteiger partial charge in [0, 0.05) is 13.1 Å². The molecule has 1 heterocycles. The largest absolute Gasteiger partial charge is 0.455 e. The lowest BCUT2D eigenvalue weighted by Crippen LogP contribution is -2.33. The lowest BCUT2D eigenvalue weighted by Gasteiger charge is -2.18. The van der Waals surface area contributed by atoms with Gasteiger partial charge >= 0.3 is 6.03 Å². The Bertz CT molecular complexity index is 645. The van der Waals surface area contributed by atoms with Crippen LogP contribution in [0.25, 0.3) is 0 Å². The van der Waals surface area contributed by atoms with Gasteiger partial charge in [0.15, 0.2) is 5.75 Å². The van der Waals surface area contributed by atoms with Crippen LogP contribution in [-0.2, 0) is 0 Å². The van der Waals surface area contributed by atoms with E-state index in [1.54, 1.807) is 17.0 Å². The van der Waals surface area contributed by atoms with Crippen LogP contribution < -0.4 is 10.1 Å². The summed E-state index contributed by atoms with van der Waals surface area (Å²) in [4.78, 5) is 13.8. The number of nitrogens with zero attached hydrogens (tertiary/aromatic N) is 1. The van der Waals surface area contributed by atoms with E-state index in [0.29, 0.717) is 36.7 Å². The van der Waals surface area contributed by atoms with Crippen molar-refractivity contribution in [1.29, 1.82) is 0 Å². The van der Waals surface area contributed by atoms with Gasteiger partial charge in [0.05, 0.1) is 11.8 Å². The molecule has 0 aromatic heterocycles. The molecule has 2 N–H and O–H groups in total. The molecule has 1 aliphatic rings. The fourth-order valence-electron chi connectivity index (χ4n) is 2.39. The second-order valence-corrected chi connectivity index (χ2v) is 5.23. The Balaban J connectivity index is 1.72. The minimum atomic E-state index is -0.429. The first-order valence-corrected chi connectivity index (χ1v) is 7.28. The second kappa shape index (κ2) is 6.49. The van der Waals surface area contributed by atoms with Crippen LogP contribution in [0.5, 0.6) is 11.5 Å². The van der Waals surface area contributed by atoms with Crippen molar-refractivity contribution in [2.45, 2.75) is 12.5 Å². The molecule has 1 fully saturated rings. The third kappa shape index (κ3) is 3.38. The molecule has 5 nitrogen and oxygen atoms in total. The number of benzene rings is 2. The van der Waals surface area contributed by atoms with Crippen LogP contribution in [-0.4, -0.2) is 35.2 Å². The van der Waals surface area contributed by atoms with E-state index in [4.69, 9.17) is 4.74 Å². The maximum absolute atomic E-state index is 12.2. The second-order valence-electron chi connectivity index (χ2n) is 5.23. The number of hydrogen-bond acceptors (Lipinski definition) is 3. The Morgan fingerprint density at radius 1 is 1.14 bits per heavy atom. The number of anilines is 1. The smallest absolute Gasteiger partial charge is 0.322 e. The zero-order valence-corrected chi connectivity index (χ0v) is 12.1. The van der Waals surface area contributed by atoms with Crippen LogP contribution in [0.1, 0.15) is 6.42 Å². The number of aliphatic hydroxyl groups is 1. The minimum Gasteiger partial charge on any atom is -0.455 e. The number of hydrogen-bond donors (Lipinski definition) is 2. The molecule has 2 amide bonds. The first-order valence-electron chi connectivity index (χ1n) is 7.28. The van der Waals surface area contributed by atoms with E-state index in [1.807, 2.05) is 42.5 Å². The summed E-state index contributed by atoms with van der Waals surface area (Å²) in [6, 6.07) is 16.5. The summed E-state index contributed by atoms with van der Waals surface area (Å²) < 4.78 is 5.81. The highest BCUT2D eigenvalue weighted by molar-refractivity contribution is 5.91. The van der Waals surface area contributed by atoms with Crippen molar-refractivity contribution in [3.63, 3.8) is 0 Å². The number of para-hydroxylation sites is 3. The molecule has 1 saturated heterocycles. The van der Waals surface area contributed by atoms with E-state index < -0.39 is 6.10 Å². The third-order valence-corrected chi connectivity index (χ3v) is 3.55. The predicted molar refractivity (Wildman–Crippen MR) is 84.2 cm³/mol. The van der Waals surface area contributed by atoms with Gasteiger partial charge in [-0.05, 0) is 30.7 Å². The number of carbonyl (C=O) groups excluding carboxylic acids is 1. The zero-order valence-electron chi connectivity index (χ0n) is 12.1. The summed E-state index contributed by atoms with van der Waals surface area (Å²) in [6.07, 6.45) is 0.192. The molecule has 0 spiro atoms. The first-order chi connectivity index (χ1) is 10.7. The van der Waals surface area contributed by atoms with Crippen molar-refractivity contribution in [1.82, 2.24) is 4.90 Å². The Morgan fingerprint density at radius 2 is 1.86 bits per heavy atom. The highest BCUT2D eigenvalue weighted by atomic mass is 16.5. The lowest BCUT2D eigenvalue weighted by atomic mass is 10.3. The van der Waals surface area contributed by atoms with Crippen LogP contribution in [0.2, 0.25) is 0 Å². The van der Waals surface area contributed by atoms with Crippen molar-refractivity contribution >= 4 is 11.7 Å². The normalized spacial score (nSPS) is 17.3. The summed E-state index contributed by atoms with van der Waals surface area (Å²) in [6.45, 7) is 0.933. The van der Waals surface area contributed by atoms with E-state index in [2.05, 4.69) is 5.32 Å². The molecule has 0 unspecified atom stereocenters. The molecule has 1 aliphatic heterocycles. The standard InChI is InChI=1S/C17H18N2O3/c20-13-10-11-19(12-13)17(21)18-15-8-4-5-9-16(15)22-14-6-2-1-3-7-14/h1-9,13,20H,10-12H2,(H,18,21)/t13-/m1/s1. The van der Waals surface area contributed by atoms with Gasteiger partial charge in [-0.15, -0.1) is 0 Å². The molecule has 5 heteroatoms. The third-order valence-electron chi connectivity index (χ3n) is 3.55. The van der Waals surface area contributed by atoms with E-state index >= 15 is 0 Å². The maximum atomic E-state index is 12.2. The van der Waals surface area contributed by atoms with Gasteiger partial charge < -0.3 is 20.1 Å². The van der Waals surface area contributed by atoms with Crippen molar-refractivity contribution in [3.8, 4) is 11.5 Å². The highest BCUT2D eigenvalue weighted by Crippen LogP contribution is 2.29. The number of rotatable bonds is 3. The number of β-amino-alcohol motifs (C(OH)–C–C–N with tert-alkyl or cyclic N) is 1. The van der Waals surface area contributed by atoms with Crippen molar-refractivity contribution < 1.29 is 14.6 Å². The number of aliphatic hydroxyl groups excluding tert-OH is 1. The number of urea groups is 1. The fourth-order valence-corrected chi connectivity index (χ4v) is 2.39. The number of carbonyl (C=O) groups is 1. The average Bonchev–Trinajstić information content (AvgIpc) is 2.97. The Morgan fingerprint density at radius 3 is 2.59 bits per heavy atom. The Hall–Kier alpha value is -2.53. The monoisotopic (exact) mass is 298 g/mol. The van der Waals surface area contributed by atoms with Gasteiger partial charge in [0.2, 0.25) is 0 Å². The molecule has 0 bridgehead atoms.